The van der Waals surface area contributed by atoms with Gasteiger partial charge in [-0.2, -0.15) is 5.10 Å². The molecule has 5 heteroatoms. The van der Waals surface area contributed by atoms with Crippen molar-refractivity contribution in [1.29, 1.82) is 0 Å². The Labute approximate surface area is 117 Å². The lowest BCUT2D eigenvalue weighted by atomic mass is 10.00. The molecule has 3 nitrogen and oxygen atoms in total. The van der Waals surface area contributed by atoms with Crippen LogP contribution in [0, 0.1) is 19.7 Å². The van der Waals surface area contributed by atoms with Crippen molar-refractivity contribution in [3.63, 3.8) is 0 Å². The van der Waals surface area contributed by atoms with Crippen molar-refractivity contribution in [1.82, 2.24) is 9.78 Å². The van der Waals surface area contributed by atoms with Gasteiger partial charge < -0.3 is 5.73 Å². The molecule has 2 N–H and O–H groups in total. The Balaban J connectivity index is 2.30. The normalized spacial score (nSPS) is 12.7. The minimum Gasteiger partial charge on any atom is -0.324 e. The molecule has 0 aliphatic heterocycles. The quantitative estimate of drug-likeness (QED) is 0.940. The Morgan fingerprint density at radius 1 is 1.42 bits per heavy atom. The molecule has 0 spiro atoms. The fourth-order valence-electron chi connectivity index (χ4n) is 2.17. The summed E-state index contributed by atoms with van der Waals surface area (Å²) in [4.78, 5) is 0. The van der Waals surface area contributed by atoms with Crippen molar-refractivity contribution in [3.8, 4) is 0 Å². The first-order chi connectivity index (χ1) is 8.90. The molecule has 19 heavy (non-hydrogen) atoms. The predicted octanol–water partition coefficient (Wildman–Crippen LogP) is 3.07. The Hall–Kier alpha value is -1.39. The van der Waals surface area contributed by atoms with Gasteiger partial charge in [-0.05, 0) is 19.9 Å². The zero-order chi connectivity index (χ0) is 14.2. The third-order valence-corrected chi connectivity index (χ3v) is 3.72. The van der Waals surface area contributed by atoms with Gasteiger partial charge in [0.2, 0.25) is 0 Å². The molecule has 2 aromatic rings. The van der Waals surface area contributed by atoms with Crippen molar-refractivity contribution in [2.45, 2.75) is 26.3 Å². The number of aryl methyl sites for hydroxylation is 3. The Kier molecular flexibility index (Phi) is 3.92. The number of hydrogen-bond acceptors (Lipinski definition) is 2. The van der Waals surface area contributed by atoms with E-state index in [1.807, 2.05) is 20.9 Å². The third-order valence-electron chi connectivity index (χ3n) is 3.23. The van der Waals surface area contributed by atoms with E-state index in [9.17, 15) is 4.39 Å². The zero-order valence-corrected chi connectivity index (χ0v) is 12.0. The van der Waals surface area contributed by atoms with Gasteiger partial charge in [0.05, 0.1) is 16.4 Å². The molecule has 0 fully saturated rings. The molecule has 1 aromatic carbocycles. The van der Waals surface area contributed by atoms with Gasteiger partial charge in [0.25, 0.3) is 0 Å². The van der Waals surface area contributed by atoms with Gasteiger partial charge in [-0.1, -0.05) is 29.3 Å². The average Bonchev–Trinajstić information content (AvgIpc) is 2.59. The van der Waals surface area contributed by atoms with E-state index in [1.54, 1.807) is 16.8 Å². The first-order valence-electron chi connectivity index (χ1n) is 6.09. The predicted molar refractivity (Wildman–Crippen MR) is 74.7 cm³/mol. The molecule has 1 unspecified atom stereocenters. The molecule has 1 heterocycles. The minimum atomic E-state index is -0.438. The second-order valence-electron chi connectivity index (χ2n) is 4.81. The zero-order valence-electron chi connectivity index (χ0n) is 11.2. The van der Waals surface area contributed by atoms with Crippen LogP contribution in [-0.4, -0.2) is 9.78 Å². The number of halogens is 2. The van der Waals surface area contributed by atoms with Crippen molar-refractivity contribution in [2.24, 2.45) is 12.8 Å². The summed E-state index contributed by atoms with van der Waals surface area (Å²) in [5, 5.41) is 4.84. The van der Waals surface area contributed by atoms with E-state index < -0.39 is 6.04 Å². The highest BCUT2D eigenvalue weighted by Gasteiger charge is 2.18. The summed E-state index contributed by atoms with van der Waals surface area (Å²) in [6.45, 7) is 3.75. The number of aromatic nitrogens is 2. The summed E-state index contributed by atoms with van der Waals surface area (Å²) in [7, 11) is 1.81. The molecule has 0 aliphatic carbocycles. The Morgan fingerprint density at radius 2 is 2.11 bits per heavy atom. The van der Waals surface area contributed by atoms with Crippen LogP contribution in [0.3, 0.4) is 0 Å². The van der Waals surface area contributed by atoms with Crippen LogP contribution in [0.25, 0.3) is 0 Å². The van der Waals surface area contributed by atoms with E-state index in [4.69, 9.17) is 17.3 Å². The molecule has 0 saturated carbocycles. The molecule has 2 rings (SSSR count). The van der Waals surface area contributed by atoms with Crippen molar-refractivity contribution in [2.75, 3.05) is 0 Å². The summed E-state index contributed by atoms with van der Waals surface area (Å²) in [5.41, 5.74) is 9.19. The maximum Gasteiger partial charge on any atom is 0.128 e. The molecular formula is C14H17ClFN3. The first kappa shape index (κ1) is 14.0. The van der Waals surface area contributed by atoms with Crippen molar-refractivity contribution < 1.29 is 4.39 Å². The highest BCUT2D eigenvalue weighted by molar-refractivity contribution is 6.31. The summed E-state index contributed by atoms with van der Waals surface area (Å²) in [6, 6.07) is 4.51. The Morgan fingerprint density at radius 3 is 2.68 bits per heavy atom. The van der Waals surface area contributed by atoms with Crippen LogP contribution in [0.4, 0.5) is 4.39 Å². The fourth-order valence-corrected chi connectivity index (χ4v) is 2.40. The van der Waals surface area contributed by atoms with Crippen LogP contribution in [0.2, 0.25) is 5.02 Å². The summed E-state index contributed by atoms with van der Waals surface area (Å²) in [5.74, 6) is -0.284. The molecule has 0 saturated heterocycles. The van der Waals surface area contributed by atoms with Crippen molar-refractivity contribution >= 4 is 11.6 Å². The highest BCUT2D eigenvalue weighted by Crippen LogP contribution is 2.26. The van der Waals surface area contributed by atoms with Crippen LogP contribution in [0.15, 0.2) is 18.2 Å². The van der Waals surface area contributed by atoms with Crippen LogP contribution < -0.4 is 5.73 Å². The second kappa shape index (κ2) is 5.31. The molecule has 102 valence electrons. The third kappa shape index (κ3) is 2.80. The molecule has 0 bridgehead atoms. The van der Waals surface area contributed by atoms with Gasteiger partial charge in [-0.25, -0.2) is 4.39 Å². The molecular weight excluding hydrogens is 265 g/mol. The lowest BCUT2D eigenvalue weighted by Gasteiger charge is -2.14. The van der Waals surface area contributed by atoms with Gasteiger partial charge in [-0.3, -0.25) is 4.68 Å². The van der Waals surface area contributed by atoms with Crippen LogP contribution in [0.1, 0.15) is 28.6 Å². The molecule has 0 radical (unpaired) electrons. The fraction of sp³-hybridized carbons (Fsp3) is 0.357. The lowest BCUT2D eigenvalue weighted by molar-refractivity contribution is 0.568. The van der Waals surface area contributed by atoms with Crippen LogP contribution in [-0.2, 0) is 13.5 Å². The standard InChI is InChI=1S/C14H17ClFN3/c1-8-4-5-11(16)10(6-8)12(17)7-13-14(15)9(2)18-19(13)3/h4-6,12H,7,17H2,1-3H3. The van der Waals surface area contributed by atoms with E-state index in [-0.39, 0.29) is 5.82 Å². The number of benzene rings is 1. The number of nitrogens with zero attached hydrogens (tertiary/aromatic N) is 2. The lowest BCUT2D eigenvalue weighted by Crippen LogP contribution is -2.17. The van der Waals surface area contributed by atoms with E-state index in [2.05, 4.69) is 5.10 Å². The van der Waals surface area contributed by atoms with E-state index in [0.29, 0.717) is 17.0 Å². The monoisotopic (exact) mass is 281 g/mol. The van der Waals surface area contributed by atoms with Crippen LogP contribution >= 0.6 is 11.6 Å². The second-order valence-corrected chi connectivity index (χ2v) is 5.18. The van der Waals surface area contributed by atoms with Gasteiger partial charge in [0.15, 0.2) is 0 Å². The molecule has 1 atom stereocenters. The maximum atomic E-state index is 13.8. The van der Waals surface area contributed by atoms with E-state index >= 15 is 0 Å². The summed E-state index contributed by atoms with van der Waals surface area (Å²) < 4.78 is 15.5. The SMILES string of the molecule is Cc1ccc(F)c(C(N)Cc2c(Cl)c(C)nn2C)c1. The molecule has 1 aromatic heterocycles. The van der Waals surface area contributed by atoms with E-state index in [0.717, 1.165) is 17.0 Å². The van der Waals surface area contributed by atoms with Gasteiger partial charge in [0.1, 0.15) is 5.82 Å². The molecule has 0 amide bonds. The minimum absolute atomic E-state index is 0.284. The topological polar surface area (TPSA) is 43.8 Å². The summed E-state index contributed by atoms with van der Waals surface area (Å²) in [6.07, 6.45) is 0.455. The smallest absolute Gasteiger partial charge is 0.128 e. The maximum absolute atomic E-state index is 13.8. The number of rotatable bonds is 3. The summed E-state index contributed by atoms with van der Waals surface area (Å²) >= 11 is 6.18. The van der Waals surface area contributed by atoms with Gasteiger partial charge >= 0.3 is 0 Å². The largest absolute Gasteiger partial charge is 0.324 e. The Bertz CT molecular complexity index is 607. The first-order valence-corrected chi connectivity index (χ1v) is 6.47. The van der Waals surface area contributed by atoms with E-state index in [1.165, 1.54) is 6.07 Å². The van der Waals surface area contributed by atoms with Crippen molar-refractivity contribution in [3.05, 3.63) is 51.6 Å². The number of nitrogens with two attached hydrogens (primary N) is 1. The highest BCUT2D eigenvalue weighted by atomic mass is 35.5. The number of hydrogen-bond donors (Lipinski definition) is 1. The van der Waals surface area contributed by atoms with Crippen LogP contribution in [0.5, 0.6) is 0 Å². The molecule has 0 aliphatic rings. The van der Waals surface area contributed by atoms with Gasteiger partial charge in [-0.15, -0.1) is 0 Å². The average molecular weight is 282 g/mol. The van der Waals surface area contributed by atoms with Gasteiger partial charge in [0, 0.05) is 25.1 Å².